The van der Waals surface area contributed by atoms with Crippen molar-refractivity contribution in [1.82, 2.24) is 5.32 Å². The number of carbonyl (C=O) groups is 1. The second-order valence-corrected chi connectivity index (χ2v) is 6.77. The van der Waals surface area contributed by atoms with E-state index in [2.05, 4.69) is 26.1 Å². The molecule has 0 aliphatic heterocycles. The molecular weight excluding hydrogens is 230 g/mol. The average molecular weight is 259 g/mol. The van der Waals surface area contributed by atoms with Crippen molar-refractivity contribution in [1.29, 1.82) is 0 Å². The zero-order chi connectivity index (χ0) is 14.2. The molecule has 0 rings (SSSR count). The zero-order valence-electron chi connectivity index (χ0n) is 12.8. The number of ether oxygens (including phenoxy) is 2. The van der Waals surface area contributed by atoms with Crippen molar-refractivity contribution >= 4 is 5.91 Å². The number of hydrogen-bond donors (Lipinski definition) is 1. The van der Waals surface area contributed by atoms with E-state index in [0.717, 1.165) is 13.0 Å². The van der Waals surface area contributed by atoms with Crippen LogP contribution in [0.3, 0.4) is 0 Å². The highest BCUT2D eigenvalue weighted by atomic mass is 16.5. The smallest absolute Gasteiger partial charge is 0.246 e. The van der Waals surface area contributed by atoms with Gasteiger partial charge in [0.05, 0.1) is 13.2 Å². The van der Waals surface area contributed by atoms with E-state index in [0.29, 0.717) is 18.6 Å². The lowest BCUT2D eigenvalue weighted by Gasteiger charge is -2.20. The molecule has 0 aromatic rings. The van der Waals surface area contributed by atoms with Gasteiger partial charge in [-0.15, -0.1) is 0 Å². The fourth-order valence-electron chi connectivity index (χ4n) is 1.22. The van der Waals surface area contributed by atoms with E-state index in [-0.39, 0.29) is 18.1 Å². The molecule has 0 atom stereocenters. The Hall–Kier alpha value is -0.610. The largest absolute Gasteiger partial charge is 0.379 e. The van der Waals surface area contributed by atoms with Crippen molar-refractivity contribution in [3.8, 4) is 0 Å². The first kappa shape index (κ1) is 17.4. The lowest BCUT2D eigenvalue weighted by molar-refractivity contribution is -0.127. The topological polar surface area (TPSA) is 47.6 Å². The summed E-state index contributed by atoms with van der Waals surface area (Å²) < 4.78 is 10.7. The summed E-state index contributed by atoms with van der Waals surface area (Å²) in [6.07, 6.45) is 1.03. The molecule has 0 fully saturated rings. The Morgan fingerprint density at radius 1 is 0.944 bits per heavy atom. The lowest BCUT2D eigenvalue weighted by Crippen LogP contribution is -2.42. The van der Waals surface area contributed by atoms with Crippen LogP contribution in [0.2, 0.25) is 0 Å². The minimum absolute atomic E-state index is 0.0859. The Kier molecular flexibility index (Phi) is 7.48. The minimum atomic E-state index is -0.205. The van der Waals surface area contributed by atoms with Crippen LogP contribution in [-0.2, 0) is 14.3 Å². The molecule has 0 spiro atoms. The summed E-state index contributed by atoms with van der Waals surface area (Å²) >= 11 is 0. The maximum Gasteiger partial charge on any atom is 0.246 e. The van der Waals surface area contributed by atoms with Crippen LogP contribution in [0.15, 0.2) is 0 Å². The van der Waals surface area contributed by atoms with Gasteiger partial charge in [0.2, 0.25) is 5.91 Å². The fourth-order valence-corrected chi connectivity index (χ4v) is 1.22. The molecule has 0 aliphatic rings. The molecule has 0 unspecified atom stereocenters. The highest BCUT2D eigenvalue weighted by molar-refractivity contribution is 5.77. The van der Waals surface area contributed by atoms with Gasteiger partial charge in [-0.25, -0.2) is 0 Å². The maximum absolute atomic E-state index is 11.4. The zero-order valence-corrected chi connectivity index (χ0v) is 12.8. The molecule has 0 radical (unpaired) electrons. The van der Waals surface area contributed by atoms with Crippen molar-refractivity contribution in [2.75, 3.05) is 26.4 Å². The van der Waals surface area contributed by atoms with Gasteiger partial charge in [0, 0.05) is 12.1 Å². The van der Waals surface area contributed by atoms with Crippen molar-refractivity contribution in [3.05, 3.63) is 0 Å². The summed E-state index contributed by atoms with van der Waals surface area (Å²) in [6, 6.07) is 0. The Balaban J connectivity index is 3.39. The van der Waals surface area contributed by atoms with Gasteiger partial charge in [0.15, 0.2) is 0 Å². The molecule has 0 saturated carbocycles. The number of carbonyl (C=O) groups excluding carboxylic acids is 1. The number of hydrogen-bond acceptors (Lipinski definition) is 3. The first-order chi connectivity index (χ1) is 8.10. The minimum Gasteiger partial charge on any atom is -0.379 e. The molecule has 1 amide bonds. The second kappa shape index (κ2) is 7.74. The molecule has 0 bridgehead atoms. The molecule has 0 aromatic heterocycles. The Bertz CT molecular complexity index is 238. The summed E-state index contributed by atoms with van der Waals surface area (Å²) in [5.41, 5.74) is 0.0943. The highest BCUT2D eigenvalue weighted by Crippen LogP contribution is 2.17. The second-order valence-electron chi connectivity index (χ2n) is 6.77. The van der Waals surface area contributed by atoms with E-state index in [1.165, 1.54) is 0 Å². The van der Waals surface area contributed by atoms with E-state index < -0.39 is 0 Å². The fraction of sp³-hybridized carbons (Fsp3) is 0.929. The van der Waals surface area contributed by atoms with Gasteiger partial charge in [0.25, 0.3) is 0 Å². The summed E-state index contributed by atoms with van der Waals surface area (Å²) in [4.78, 5) is 11.4. The predicted molar refractivity (Wildman–Crippen MR) is 73.6 cm³/mol. The molecule has 4 heteroatoms. The Morgan fingerprint density at radius 3 is 2.00 bits per heavy atom. The standard InChI is InChI=1S/C14H29NO3/c1-13(2,3)7-8-17-9-10-18-11-12(16)15-14(4,5)6/h7-11H2,1-6H3,(H,15,16). The molecule has 108 valence electrons. The molecule has 4 nitrogen and oxygen atoms in total. The Morgan fingerprint density at radius 2 is 1.50 bits per heavy atom. The summed E-state index contributed by atoms with van der Waals surface area (Å²) in [5, 5.41) is 2.84. The van der Waals surface area contributed by atoms with Gasteiger partial charge in [-0.1, -0.05) is 20.8 Å². The van der Waals surface area contributed by atoms with Crippen LogP contribution < -0.4 is 5.32 Å². The SMILES string of the molecule is CC(C)(C)CCOCCOCC(=O)NC(C)(C)C. The number of amides is 1. The van der Waals surface area contributed by atoms with Gasteiger partial charge in [0.1, 0.15) is 6.61 Å². The molecular formula is C14H29NO3. The molecule has 0 aromatic carbocycles. The van der Waals surface area contributed by atoms with Crippen LogP contribution in [-0.4, -0.2) is 37.9 Å². The van der Waals surface area contributed by atoms with Gasteiger partial charge >= 0.3 is 0 Å². The van der Waals surface area contributed by atoms with Crippen LogP contribution in [0, 0.1) is 5.41 Å². The predicted octanol–water partition coefficient (Wildman–Crippen LogP) is 2.37. The quantitative estimate of drug-likeness (QED) is 0.714. The van der Waals surface area contributed by atoms with Crippen LogP contribution in [0.25, 0.3) is 0 Å². The average Bonchev–Trinajstić information content (AvgIpc) is 2.11. The molecule has 0 aliphatic carbocycles. The van der Waals surface area contributed by atoms with Crippen molar-refractivity contribution < 1.29 is 14.3 Å². The van der Waals surface area contributed by atoms with Crippen LogP contribution in [0.1, 0.15) is 48.0 Å². The number of nitrogens with one attached hydrogen (secondary N) is 1. The van der Waals surface area contributed by atoms with E-state index in [1.807, 2.05) is 20.8 Å². The third kappa shape index (κ3) is 13.5. The Labute approximate surface area is 111 Å². The molecule has 0 saturated heterocycles. The summed E-state index contributed by atoms with van der Waals surface area (Å²) in [7, 11) is 0. The van der Waals surface area contributed by atoms with Crippen molar-refractivity contribution in [3.63, 3.8) is 0 Å². The van der Waals surface area contributed by atoms with Crippen molar-refractivity contribution in [2.24, 2.45) is 5.41 Å². The first-order valence-corrected chi connectivity index (χ1v) is 6.57. The monoisotopic (exact) mass is 259 g/mol. The van der Waals surface area contributed by atoms with Gasteiger partial charge < -0.3 is 14.8 Å². The van der Waals surface area contributed by atoms with Crippen LogP contribution >= 0.6 is 0 Å². The van der Waals surface area contributed by atoms with E-state index in [4.69, 9.17) is 9.47 Å². The van der Waals surface area contributed by atoms with Crippen LogP contribution in [0.5, 0.6) is 0 Å². The third-order valence-electron chi connectivity index (χ3n) is 2.12. The van der Waals surface area contributed by atoms with Gasteiger partial charge in [-0.3, -0.25) is 4.79 Å². The lowest BCUT2D eigenvalue weighted by atomic mass is 9.93. The molecule has 18 heavy (non-hydrogen) atoms. The molecule has 1 N–H and O–H groups in total. The van der Waals surface area contributed by atoms with E-state index >= 15 is 0 Å². The van der Waals surface area contributed by atoms with Crippen molar-refractivity contribution in [2.45, 2.75) is 53.5 Å². The van der Waals surface area contributed by atoms with E-state index in [1.54, 1.807) is 0 Å². The number of rotatable bonds is 7. The normalized spacial score (nSPS) is 12.6. The van der Waals surface area contributed by atoms with Gasteiger partial charge in [-0.2, -0.15) is 0 Å². The van der Waals surface area contributed by atoms with E-state index in [9.17, 15) is 4.79 Å². The van der Waals surface area contributed by atoms with Gasteiger partial charge in [-0.05, 0) is 32.6 Å². The van der Waals surface area contributed by atoms with Crippen LogP contribution in [0.4, 0.5) is 0 Å². The highest BCUT2D eigenvalue weighted by Gasteiger charge is 2.13. The molecule has 0 heterocycles. The first-order valence-electron chi connectivity index (χ1n) is 6.57. The third-order valence-corrected chi connectivity index (χ3v) is 2.12. The summed E-state index contributed by atoms with van der Waals surface area (Å²) in [6.45, 7) is 14.2. The summed E-state index contributed by atoms with van der Waals surface area (Å²) in [5.74, 6) is -0.0859. The maximum atomic E-state index is 11.4.